The third-order valence-electron chi connectivity index (χ3n) is 2.87. The van der Waals surface area contributed by atoms with Crippen molar-refractivity contribution in [2.75, 3.05) is 13.2 Å². The highest BCUT2D eigenvalue weighted by Crippen LogP contribution is 2.02. The van der Waals surface area contributed by atoms with Gasteiger partial charge in [-0.1, -0.05) is 30.3 Å². The van der Waals surface area contributed by atoms with E-state index in [1.165, 1.54) is 0 Å². The van der Waals surface area contributed by atoms with Gasteiger partial charge in [-0.15, -0.1) is 0 Å². The average Bonchev–Trinajstić information content (AvgIpc) is 2.56. The molecule has 0 aromatic heterocycles. The third-order valence-corrected chi connectivity index (χ3v) is 2.87. The van der Waals surface area contributed by atoms with Crippen molar-refractivity contribution in [3.8, 4) is 0 Å². The molecule has 8 nitrogen and oxygen atoms in total. The minimum absolute atomic E-state index is 0.0386. The second-order valence-electron chi connectivity index (χ2n) is 4.57. The van der Waals surface area contributed by atoms with Crippen molar-refractivity contribution >= 4 is 11.9 Å². The maximum Gasteiger partial charge on any atom is 0.407 e. The number of ether oxygens (including phenoxy) is 1. The highest BCUT2D eigenvalue weighted by atomic mass is 16.5. The highest BCUT2D eigenvalue weighted by Gasteiger charge is 2.29. The van der Waals surface area contributed by atoms with E-state index in [0.717, 1.165) is 5.56 Å². The predicted molar refractivity (Wildman–Crippen MR) is 74.7 cm³/mol. The third kappa shape index (κ3) is 5.78. The van der Waals surface area contributed by atoms with Gasteiger partial charge in [0.25, 0.3) is 0 Å². The van der Waals surface area contributed by atoms with Gasteiger partial charge in [0.1, 0.15) is 31.5 Å². The van der Waals surface area contributed by atoms with Crippen LogP contribution < -0.4 is 5.32 Å². The van der Waals surface area contributed by atoms with Crippen LogP contribution in [0, 0.1) is 0 Å². The number of hydrogen-bond acceptors (Lipinski definition) is 7. The van der Waals surface area contributed by atoms with Crippen molar-refractivity contribution < 1.29 is 34.8 Å². The number of benzene rings is 1. The lowest BCUT2D eigenvalue weighted by molar-refractivity contribution is -0.140. The van der Waals surface area contributed by atoms with Crippen LogP contribution in [0.25, 0.3) is 0 Å². The van der Waals surface area contributed by atoms with Crippen molar-refractivity contribution in [3.05, 3.63) is 35.9 Å². The topological polar surface area (TPSA) is 136 Å². The quantitative estimate of drug-likeness (QED) is 0.396. The molecule has 1 aromatic carbocycles. The summed E-state index contributed by atoms with van der Waals surface area (Å²) in [6.45, 7) is -1.35. The number of rotatable bonds is 8. The van der Waals surface area contributed by atoms with Gasteiger partial charge in [0.15, 0.2) is 5.78 Å². The number of alkyl carbamates (subject to hydrolysis) is 1. The van der Waals surface area contributed by atoms with Crippen LogP contribution in [0.3, 0.4) is 0 Å². The zero-order valence-electron chi connectivity index (χ0n) is 11.8. The van der Waals surface area contributed by atoms with Crippen LogP contribution in [0.4, 0.5) is 4.79 Å². The smallest absolute Gasteiger partial charge is 0.407 e. The van der Waals surface area contributed by atoms with Gasteiger partial charge in [-0.25, -0.2) is 4.79 Å². The minimum Gasteiger partial charge on any atom is -0.445 e. The van der Waals surface area contributed by atoms with Crippen LogP contribution in [0.15, 0.2) is 30.3 Å². The monoisotopic (exact) mass is 313 g/mol. The Kier molecular flexibility index (Phi) is 7.47. The van der Waals surface area contributed by atoms with Gasteiger partial charge in [-0.05, 0) is 5.56 Å². The molecular formula is C14H19NO7. The van der Waals surface area contributed by atoms with E-state index in [4.69, 9.17) is 9.84 Å². The zero-order chi connectivity index (χ0) is 16.5. The van der Waals surface area contributed by atoms with E-state index in [-0.39, 0.29) is 6.61 Å². The summed E-state index contributed by atoms with van der Waals surface area (Å²) in [4.78, 5) is 22.4. The summed E-state index contributed by atoms with van der Waals surface area (Å²) in [6, 6.07) is 8.93. The molecule has 122 valence electrons. The Hall–Kier alpha value is -2.00. The van der Waals surface area contributed by atoms with E-state index in [1.54, 1.807) is 24.3 Å². The number of aliphatic hydroxyl groups excluding tert-OH is 4. The van der Waals surface area contributed by atoms with Gasteiger partial charge < -0.3 is 30.5 Å². The van der Waals surface area contributed by atoms with Gasteiger partial charge in [0.2, 0.25) is 0 Å². The molecule has 1 rings (SSSR count). The Morgan fingerprint density at radius 3 is 2.36 bits per heavy atom. The van der Waals surface area contributed by atoms with Crippen LogP contribution in [0.5, 0.6) is 0 Å². The van der Waals surface area contributed by atoms with E-state index < -0.39 is 43.3 Å². The Morgan fingerprint density at radius 2 is 1.77 bits per heavy atom. The van der Waals surface area contributed by atoms with Crippen molar-refractivity contribution in [2.24, 2.45) is 0 Å². The number of ketones is 1. The van der Waals surface area contributed by atoms with E-state index in [9.17, 15) is 24.9 Å². The summed E-state index contributed by atoms with van der Waals surface area (Å²) < 4.78 is 4.88. The van der Waals surface area contributed by atoms with Gasteiger partial charge in [-0.2, -0.15) is 0 Å². The van der Waals surface area contributed by atoms with E-state index in [0.29, 0.717) is 0 Å². The first-order valence-electron chi connectivity index (χ1n) is 6.58. The number of hydrogen-bond donors (Lipinski definition) is 5. The molecule has 0 bridgehead atoms. The first-order valence-corrected chi connectivity index (χ1v) is 6.58. The first kappa shape index (κ1) is 18.1. The molecule has 0 radical (unpaired) electrons. The molecule has 0 unspecified atom stereocenters. The Labute approximate surface area is 127 Å². The average molecular weight is 313 g/mol. The summed E-state index contributed by atoms with van der Waals surface area (Å²) in [7, 11) is 0. The van der Waals surface area contributed by atoms with Crippen LogP contribution in [-0.4, -0.2) is 63.8 Å². The van der Waals surface area contributed by atoms with Crippen LogP contribution in [0.1, 0.15) is 5.56 Å². The van der Waals surface area contributed by atoms with Gasteiger partial charge in [0.05, 0.1) is 0 Å². The maximum absolute atomic E-state index is 11.4. The van der Waals surface area contributed by atoms with Crippen molar-refractivity contribution in [1.82, 2.24) is 5.32 Å². The second kappa shape index (κ2) is 9.11. The number of amides is 1. The fourth-order valence-electron chi connectivity index (χ4n) is 1.58. The van der Waals surface area contributed by atoms with Gasteiger partial charge >= 0.3 is 6.09 Å². The fourth-order valence-corrected chi connectivity index (χ4v) is 1.58. The number of carbonyl (C=O) groups excluding carboxylic acids is 2. The lowest BCUT2D eigenvalue weighted by atomic mass is 10.0. The Bertz CT molecular complexity index is 479. The SMILES string of the molecule is O=C(NC[C@H](O)[C@@H](O)[C@H](O)C(=O)CO)OCc1ccccc1. The first-order chi connectivity index (χ1) is 10.5. The lowest BCUT2D eigenvalue weighted by Crippen LogP contribution is -2.48. The molecular weight excluding hydrogens is 294 g/mol. The predicted octanol–water partition coefficient (Wildman–Crippen LogP) is -1.44. The summed E-state index contributed by atoms with van der Waals surface area (Å²) in [6.07, 6.45) is -6.16. The molecule has 0 saturated carbocycles. The molecule has 0 heterocycles. The standard InChI is InChI=1S/C14H19NO7/c16-7-11(18)13(20)12(19)10(17)6-15-14(21)22-8-9-4-2-1-3-5-9/h1-5,10,12-13,16-17,19-20H,6-8H2,(H,15,21)/t10-,12+,13+/m0/s1. The lowest BCUT2D eigenvalue weighted by Gasteiger charge is -2.21. The molecule has 8 heteroatoms. The minimum atomic E-state index is -1.93. The summed E-state index contributed by atoms with van der Waals surface area (Å²) in [5, 5.41) is 39.1. The zero-order valence-corrected chi connectivity index (χ0v) is 11.8. The summed E-state index contributed by atoms with van der Waals surface area (Å²) in [5.41, 5.74) is 0.780. The van der Waals surface area contributed by atoms with Crippen LogP contribution in [0.2, 0.25) is 0 Å². The molecule has 3 atom stereocenters. The number of carbonyl (C=O) groups is 2. The molecule has 22 heavy (non-hydrogen) atoms. The second-order valence-corrected chi connectivity index (χ2v) is 4.57. The largest absolute Gasteiger partial charge is 0.445 e. The molecule has 0 spiro atoms. The summed E-state index contributed by atoms with van der Waals surface area (Å²) in [5.74, 6) is -1.03. The molecule has 5 N–H and O–H groups in total. The van der Waals surface area contributed by atoms with E-state index >= 15 is 0 Å². The Balaban J connectivity index is 2.32. The van der Waals surface area contributed by atoms with Crippen molar-refractivity contribution in [2.45, 2.75) is 24.9 Å². The molecule has 0 saturated heterocycles. The van der Waals surface area contributed by atoms with Crippen LogP contribution >= 0.6 is 0 Å². The molecule has 0 aliphatic carbocycles. The highest BCUT2D eigenvalue weighted by molar-refractivity contribution is 5.84. The Morgan fingerprint density at radius 1 is 1.14 bits per heavy atom. The van der Waals surface area contributed by atoms with E-state index in [2.05, 4.69) is 5.32 Å². The molecule has 0 aliphatic heterocycles. The maximum atomic E-state index is 11.4. The normalized spacial score (nSPS) is 14.7. The molecule has 0 fully saturated rings. The van der Waals surface area contributed by atoms with Gasteiger partial charge in [-0.3, -0.25) is 4.79 Å². The number of Topliss-reactive ketones (excluding diaryl/α,β-unsaturated/α-hetero) is 1. The molecule has 0 aliphatic rings. The van der Waals surface area contributed by atoms with Gasteiger partial charge in [0, 0.05) is 6.54 Å². The van der Waals surface area contributed by atoms with Crippen molar-refractivity contribution in [3.63, 3.8) is 0 Å². The van der Waals surface area contributed by atoms with Crippen molar-refractivity contribution in [1.29, 1.82) is 0 Å². The summed E-state index contributed by atoms with van der Waals surface area (Å²) >= 11 is 0. The van der Waals surface area contributed by atoms with Crippen LogP contribution in [-0.2, 0) is 16.1 Å². The molecule has 1 amide bonds. The fraction of sp³-hybridized carbons (Fsp3) is 0.429. The van der Waals surface area contributed by atoms with E-state index in [1.807, 2.05) is 6.07 Å². The number of aliphatic hydroxyl groups is 4. The molecule has 1 aromatic rings. The number of nitrogens with one attached hydrogen (secondary N) is 1.